The number of ether oxygens (including phenoxy) is 3. The van der Waals surface area contributed by atoms with Crippen molar-refractivity contribution < 1.29 is 19.3 Å². The molecule has 2 aromatic carbocycles. The van der Waals surface area contributed by atoms with Crippen molar-refractivity contribution in [2.45, 2.75) is 19.4 Å². The summed E-state index contributed by atoms with van der Waals surface area (Å²) in [6.45, 7) is 4.16. The summed E-state index contributed by atoms with van der Waals surface area (Å²) in [5.41, 5.74) is 1.35. The molecule has 1 unspecified atom stereocenters. The summed E-state index contributed by atoms with van der Waals surface area (Å²) < 4.78 is 17.5. The number of benzene rings is 2. The average Bonchev–Trinajstić information content (AvgIpc) is 3.06. The highest BCUT2D eigenvalue weighted by molar-refractivity contribution is 6.32. The lowest BCUT2D eigenvalue weighted by Crippen LogP contribution is -2.37. The molecule has 3 aromatic rings. The lowest BCUT2D eigenvalue weighted by Gasteiger charge is -2.24. The van der Waals surface area contributed by atoms with Crippen LogP contribution in [0.1, 0.15) is 13.3 Å². The van der Waals surface area contributed by atoms with Crippen molar-refractivity contribution in [3.05, 3.63) is 41.7 Å². The Balaban J connectivity index is 1.56. The van der Waals surface area contributed by atoms with Gasteiger partial charge in [-0.3, -0.25) is 5.41 Å². The number of phenolic OH excluding ortho intramolecular Hbond substituents is 1. The van der Waals surface area contributed by atoms with Gasteiger partial charge >= 0.3 is 0 Å². The van der Waals surface area contributed by atoms with Gasteiger partial charge in [0.05, 0.1) is 23.5 Å². The van der Waals surface area contributed by atoms with Crippen LogP contribution in [0, 0.1) is 5.41 Å². The molecule has 1 aromatic heterocycles. The molecule has 0 saturated carbocycles. The van der Waals surface area contributed by atoms with E-state index in [0.29, 0.717) is 54.1 Å². The summed E-state index contributed by atoms with van der Waals surface area (Å²) in [5, 5.41) is 21.7. The van der Waals surface area contributed by atoms with E-state index in [9.17, 15) is 5.11 Å². The van der Waals surface area contributed by atoms with Gasteiger partial charge in [-0.05, 0) is 37.6 Å². The van der Waals surface area contributed by atoms with E-state index in [1.807, 2.05) is 11.0 Å². The highest BCUT2D eigenvalue weighted by Gasteiger charge is 2.21. The molecule has 1 aliphatic rings. The van der Waals surface area contributed by atoms with Crippen molar-refractivity contribution in [3.8, 4) is 17.2 Å². The first-order valence-electron chi connectivity index (χ1n) is 10.6. The molecular weight excluding hydrogens is 446 g/mol. The van der Waals surface area contributed by atoms with Gasteiger partial charge in [-0.2, -0.15) is 0 Å². The number of aromatic hydroxyl groups is 1. The number of rotatable bonds is 6. The first kappa shape index (κ1) is 22.9. The van der Waals surface area contributed by atoms with Crippen molar-refractivity contribution in [1.82, 2.24) is 14.9 Å². The molecule has 33 heavy (non-hydrogen) atoms. The molecule has 4 rings (SSSR count). The first-order valence-corrected chi connectivity index (χ1v) is 10.9. The predicted octanol–water partition coefficient (Wildman–Crippen LogP) is 4.21. The maximum Gasteiger partial charge on any atom is 0.163 e. The van der Waals surface area contributed by atoms with E-state index in [0.717, 1.165) is 18.4 Å². The van der Waals surface area contributed by atoms with Gasteiger partial charge < -0.3 is 29.5 Å². The van der Waals surface area contributed by atoms with E-state index in [1.165, 1.54) is 12.4 Å². The molecule has 1 atom stereocenters. The van der Waals surface area contributed by atoms with Crippen LogP contribution in [0.5, 0.6) is 17.2 Å². The summed E-state index contributed by atoms with van der Waals surface area (Å²) in [5.74, 6) is 2.19. The molecule has 3 N–H and O–H groups in total. The van der Waals surface area contributed by atoms with Gasteiger partial charge in [0.15, 0.2) is 11.5 Å². The Morgan fingerprint density at radius 1 is 1.30 bits per heavy atom. The van der Waals surface area contributed by atoms with Gasteiger partial charge in [-0.1, -0.05) is 11.6 Å². The number of methoxy groups -OCH3 is 1. The summed E-state index contributed by atoms with van der Waals surface area (Å²) in [7, 11) is 1.58. The fourth-order valence-corrected chi connectivity index (χ4v) is 3.82. The number of phenols is 1. The SMILES string of the molecule is COc1cc2c(Nc3ccc(O)c(Cl)c3)ncnc2cc1OCC1CN(C(C)=N)CCCO1. The Bertz CT molecular complexity index is 1160. The fraction of sp³-hybridized carbons (Fsp3) is 0.348. The lowest BCUT2D eigenvalue weighted by molar-refractivity contribution is 0.0258. The summed E-state index contributed by atoms with van der Waals surface area (Å²) in [6.07, 6.45) is 2.18. The average molecular weight is 472 g/mol. The minimum absolute atomic E-state index is 0.00904. The van der Waals surface area contributed by atoms with E-state index in [1.54, 1.807) is 32.2 Å². The molecule has 0 amide bonds. The standard InChI is InChI=1S/C23H26ClN5O4/c1-14(25)29-6-3-7-32-16(11-29)12-33-22-10-19-17(9-21(22)31-2)23(27-13-26-19)28-15-4-5-20(30)18(24)8-15/h4-5,8-10,13,16,25,30H,3,6-7,11-12H2,1-2H3,(H,26,27,28). The van der Waals surface area contributed by atoms with Crippen molar-refractivity contribution in [2.24, 2.45) is 0 Å². The maximum absolute atomic E-state index is 9.64. The molecule has 9 nitrogen and oxygen atoms in total. The number of hydrogen-bond acceptors (Lipinski definition) is 8. The predicted molar refractivity (Wildman–Crippen MR) is 127 cm³/mol. The monoisotopic (exact) mass is 471 g/mol. The summed E-state index contributed by atoms with van der Waals surface area (Å²) in [6, 6.07) is 8.46. The van der Waals surface area contributed by atoms with Crippen LogP contribution < -0.4 is 14.8 Å². The second-order valence-electron chi connectivity index (χ2n) is 7.72. The molecule has 2 heterocycles. The number of anilines is 2. The number of amidine groups is 1. The third kappa shape index (κ3) is 5.37. The molecule has 0 radical (unpaired) electrons. The molecular formula is C23H26ClN5O4. The Kier molecular flexibility index (Phi) is 7.00. The first-order chi connectivity index (χ1) is 15.9. The van der Waals surface area contributed by atoms with Gasteiger partial charge in [0.1, 0.15) is 30.6 Å². The fourth-order valence-electron chi connectivity index (χ4n) is 3.64. The van der Waals surface area contributed by atoms with E-state index < -0.39 is 0 Å². The zero-order chi connectivity index (χ0) is 23.4. The van der Waals surface area contributed by atoms with Crippen LogP contribution in [-0.2, 0) is 4.74 Å². The van der Waals surface area contributed by atoms with Gasteiger partial charge in [-0.25, -0.2) is 9.97 Å². The normalized spacial score (nSPS) is 16.3. The van der Waals surface area contributed by atoms with E-state index in [-0.39, 0.29) is 16.9 Å². The smallest absolute Gasteiger partial charge is 0.163 e. The third-order valence-electron chi connectivity index (χ3n) is 5.38. The Morgan fingerprint density at radius 3 is 2.91 bits per heavy atom. The number of fused-ring (bicyclic) bond motifs is 1. The minimum Gasteiger partial charge on any atom is -0.506 e. The summed E-state index contributed by atoms with van der Waals surface area (Å²) >= 11 is 6.02. The van der Waals surface area contributed by atoms with Crippen molar-refractivity contribution in [3.63, 3.8) is 0 Å². The number of nitrogens with one attached hydrogen (secondary N) is 2. The second-order valence-corrected chi connectivity index (χ2v) is 8.13. The second kappa shape index (κ2) is 10.1. The highest BCUT2D eigenvalue weighted by atomic mass is 35.5. The topological polar surface area (TPSA) is 113 Å². The van der Waals surface area contributed by atoms with Gasteiger partial charge in [0.25, 0.3) is 0 Å². The van der Waals surface area contributed by atoms with Crippen LogP contribution in [0.4, 0.5) is 11.5 Å². The van der Waals surface area contributed by atoms with Crippen molar-refractivity contribution >= 4 is 39.8 Å². The molecule has 0 bridgehead atoms. The quantitative estimate of drug-likeness (QED) is 0.278. The van der Waals surface area contributed by atoms with Crippen molar-refractivity contribution in [2.75, 3.05) is 38.7 Å². The molecule has 1 aliphatic heterocycles. The number of halogens is 1. The largest absolute Gasteiger partial charge is 0.506 e. The third-order valence-corrected chi connectivity index (χ3v) is 5.68. The lowest BCUT2D eigenvalue weighted by atomic mass is 10.2. The number of nitrogens with zero attached hydrogens (tertiary/aromatic N) is 3. The van der Waals surface area contributed by atoms with Crippen LogP contribution in [-0.4, -0.2) is 65.3 Å². The zero-order valence-electron chi connectivity index (χ0n) is 18.5. The Morgan fingerprint density at radius 2 is 2.15 bits per heavy atom. The van der Waals surface area contributed by atoms with Crippen LogP contribution in [0.3, 0.4) is 0 Å². The molecule has 0 spiro atoms. The summed E-state index contributed by atoms with van der Waals surface area (Å²) in [4.78, 5) is 10.7. The van der Waals surface area contributed by atoms with Crippen LogP contribution >= 0.6 is 11.6 Å². The number of hydrogen-bond donors (Lipinski definition) is 3. The molecule has 10 heteroatoms. The molecule has 174 valence electrons. The molecule has 1 fully saturated rings. The zero-order valence-corrected chi connectivity index (χ0v) is 19.2. The van der Waals surface area contributed by atoms with E-state index >= 15 is 0 Å². The number of aromatic nitrogens is 2. The van der Waals surface area contributed by atoms with Crippen LogP contribution in [0.25, 0.3) is 10.9 Å². The van der Waals surface area contributed by atoms with Gasteiger partial charge in [0.2, 0.25) is 0 Å². The van der Waals surface area contributed by atoms with Gasteiger partial charge in [0, 0.05) is 36.8 Å². The Labute approximate surface area is 196 Å². The van der Waals surface area contributed by atoms with E-state index in [2.05, 4.69) is 15.3 Å². The maximum atomic E-state index is 9.64. The van der Waals surface area contributed by atoms with Crippen molar-refractivity contribution in [1.29, 1.82) is 5.41 Å². The molecule has 0 aliphatic carbocycles. The Hall–Kier alpha value is -3.30. The van der Waals surface area contributed by atoms with Gasteiger partial charge in [-0.15, -0.1) is 0 Å². The van der Waals surface area contributed by atoms with Crippen LogP contribution in [0.15, 0.2) is 36.7 Å². The highest BCUT2D eigenvalue weighted by Crippen LogP contribution is 2.35. The minimum atomic E-state index is -0.157. The van der Waals surface area contributed by atoms with Crippen LogP contribution in [0.2, 0.25) is 5.02 Å². The molecule has 1 saturated heterocycles. The van der Waals surface area contributed by atoms with E-state index in [4.69, 9.17) is 31.2 Å².